The maximum absolute atomic E-state index is 12.9. The van der Waals surface area contributed by atoms with Crippen LogP contribution in [0.4, 0.5) is 13.2 Å². The quantitative estimate of drug-likeness (QED) is 0.763. The van der Waals surface area contributed by atoms with Crippen LogP contribution < -0.4 is 0 Å². The Kier molecular flexibility index (Phi) is 2.98. The van der Waals surface area contributed by atoms with Gasteiger partial charge >= 0.3 is 12.1 Å². The van der Waals surface area contributed by atoms with Gasteiger partial charge in [0.1, 0.15) is 5.69 Å². The molecule has 0 radical (unpaired) electrons. The lowest BCUT2D eigenvalue weighted by Gasteiger charge is -2.07. The summed E-state index contributed by atoms with van der Waals surface area (Å²) in [6, 6.07) is 4.73. The molecule has 2 N–H and O–H groups in total. The second-order valence-corrected chi connectivity index (χ2v) is 4.86. The van der Waals surface area contributed by atoms with Crippen molar-refractivity contribution < 1.29 is 23.1 Å². The number of nitrogens with one attached hydrogen (secondary N) is 1. The number of fused-ring (bicyclic) bond motifs is 1. The van der Waals surface area contributed by atoms with E-state index in [2.05, 4.69) is 10.2 Å². The summed E-state index contributed by atoms with van der Waals surface area (Å²) in [4.78, 5) is 10.9. The number of carboxylic acid groups (broad SMARTS) is 1. The average Bonchev–Trinajstić information content (AvgIpc) is 3.03. The van der Waals surface area contributed by atoms with E-state index < -0.39 is 17.7 Å². The molecule has 0 atom stereocenters. The van der Waals surface area contributed by atoms with E-state index in [0.717, 1.165) is 12.1 Å². The van der Waals surface area contributed by atoms with E-state index in [1.165, 1.54) is 12.1 Å². The molecule has 0 amide bonds. The number of alkyl halides is 3. The lowest BCUT2D eigenvalue weighted by molar-refractivity contribution is -0.137. The Morgan fingerprint density at radius 3 is 2.64 bits per heavy atom. The van der Waals surface area contributed by atoms with Crippen LogP contribution in [-0.4, -0.2) is 25.8 Å². The number of nitrogens with zero attached hydrogens (tertiary/aromatic N) is 2. The van der Waals surface area contributed by atoms with E-state index in [4.69, 9.17) is 5.11 Å². The van der Waals surface area contributed by atoms with Gasteiger partial charge in [0.05, 0.1) is 11.3 Å². The number of aromatic carboxylic acids is 1. The van der Waals surface area contributed by atoms with Crippen molar-refractivity contribution in [1.29, 1.82) is 0 Å². The number of aromatic amines is 1. The zero-order valence-electron chi connectivity index (χ0n) is 11.3. The summed E-state index contributed by atoms with van der Waals surface area (Å²) in [5.41, 5.74) is 0.429. The zero-order valence-corrected chi connectivity index (χ0v) is 11.3. The Morgan fingerprint density at radius 1 is 1.32 bits per heavy atom. The number of aryl methyl sites for hydroxylation is 1. The second kappa shape index (κ2) is 4.62. The van der Waals surface area contributed by atoms with Gasteiger partial charge in [-0.05, 0) is 24.3 Å². The van der Waals surface area contributed by atoms with Crippen LogP contribution in [0.2, 0.25) is 0 Å². The highest BCUT2D eigenvalue weighted by atomic mass is 19.4. The highest BCUT2D eigenvalue weighted by Gasteiger charge is 2.31. The molecule has 114 valence electrons. The number of H-pyrrole nitrogens is 1. The molecule has 0 saturated heterocycles. The second-order valence-electron chi connectivity index (χ2n) is 4.86. The van der Waals surface area contributed by atoms with Crippen LogP contribution in [0.3, 0.4) is 0 Å². The summed E-state index contributed by atoms with van der Waals surface area (Å²) >= 11 is 0. The largest absolute Gasteiger partial charge is 0.477 e. The van der Waals surface area contributed by atoms with Crippen LogP contribution in [0.15, 0.2) is 30.5 Å². The first-order chi connectivity index (χ1) is 10.3. The number of benzene rings is 1. The molecular weight excluding hydrogens is 299 g/mol. The third-order valence-corrected chi connectivity index (χ3v) is 3.40. The standard InChI is InChI=1S/C14H10F3N3O2/c1-20-6-9(10-5-11(13(21)22)19-18-10)8-4-7(14(15,16)17)2-3-12(8)20/h2-6H,1H3,(H,18,19)(H,21,22). The molecule has 0 unspecified atom stereocenters. The van der Waals surface area contributed by atoms with Crippen LogP contribution in [-0.2, 0) is 13.2 Å². The van der Waals surface area contributed by atoms with Crippen molar-refractivity contribution in [1.82, 2.24) is 14.8 Å². The Morgan fingerprint density at radius 2 is 2.05 bits per heavy atom. The smallest absolute Gasteiger partial charge is 0.416 e. The van der Waals surface area contributed by atoms with Crippen molar-refractivity contribution in [3.05, 3.63) is 41.7 Å². The molecule has 0 aliphatic heterocycles. The van der Waals surface area contributed by atoms with E-state index in [0.29, 0.717) is 16.5 Å². The van der Waals surface area contributed by atoms with Crippen molar-refractivity contribution in [2.24, 2.45) is 7.05 Å². The van der Waals surface area contributed by atoms with Crippen LogP contribution in [0.1, 0.15) is 16.1 Å². The molecule has 2 heterocycles. The van der Waals surface area contributed by atoms with Crippen LogP contribution in [0.5, 0.6) is 0 Å². The lowest BCUT2D eigenvalue weighted by Crippen LogP contribution is -2.04. The Bertz CT molecular complexity index is 877. The van der Waals surface area contributed by atoms with Gasteiger partial charge in [0.15, 0.2) is 0 Å². The summed E-state index contributed by atoms with van der Waals surface area (Å²) in [5.74, 6) is -1.19. The fourth-order valence-electron chi connectivity index (χ4n) is 2.34. The fourth-order valence-corrected chi connectivity index (χ4v) is 2.34. The highest BCUT2D eigenvalue weighted by Crippen LogP contribution is 2.35. The van der Waals surface area contributed by atoms with E-state index in [-0.39, 0.29) is 11.4 Å². The minimum absolute atomic E-state index is 0.126. The minimum atomic E-state index is -4.45. The van der Waals surface area contributed by atoms with E-state index >= 15 is 0 Å². The first-order valence-electron chi connectivity index (χ1n) is 6.22. The number of carboxylic acids is 1. The first kappa shape index (κ1) is 14.2. The van der Waals surface area contributed by atoms with Crippen molar-refractivity contribution in [2.75, 3.05) is 0 Å². The predicted molar refractivity (Wildman–Crippen MR) is 72.5 cm³/mol. The minimum Gasteiger partial charge on any atom is -0.477 e. The topological polar surface area (TPSA) is 70.9 Å². The van der Waals surface area contributed by atoms with Crippen LogP contribution >= 0.6 is 0 Å². The molecule has 0 aliphatic rings. The molecule has 22 heavy (non-hydrogen) atoms. The lowest BCUT2D eigenvalue weighted by atomic mass is 10.1. The van der Waals surface area contributed by atoms with Gasteiger partial charge in [-0.2, -0.15) is 18.3 Å². The molecule has 0 fully saturated rings. The highest BCUT2D eigenvalue weighted by molar-refractivity contribution is 5.97. The van der Waals surface area contributed by atoms with Gasteiger partial charge in [-0.3, -0.25) is 5.10 Å². The molecular formula is C14H10F3N3O2. The number of halogens is 3. The van der Waals surface area contributed by atoms with Gasteiger partial charge in [0.2, 0.25) is 0 Å². The van der Waals surface area contributed by atoms with Crippen LogP contribution in [0, 0.1) is 0 Å². The number of hydrogen-bond donors (Lipinski definition) is 2. The average molecular weight is 309 g/mol. The van der Waals surface area contributed by atoms with Crippen molar-refractivity contribution >= 4 is 16.9 Å². The SMILES string of the molecule is Cn1cc(-c2cc(C(=O)O)[nH]n2)c2cc(C(F)(F)F)ccc21. The molecule has 2 aromatic heterocycles. The molecule has 0 spiro atoms. The van der Waals surface area contributed by atoms with Gasteiger partial charge in [-0.25, -0.2) is 4.79 Å². The predicted octanol–water partition coefficient (Wildman–Crippen LogP) is 3.29. The summed E-state index contributed by atoms with van der Waals surface area (Å²) in [6.07, 6.45) is -2.83. The molecule has 3 rings (SSSR count). The van der Waals surface area contributed by atoms with E-state index in [9.17, 15) is 18.0 Å². The van der Waals surface area contributed by atoms with Crippen LogP contribution in [0.25, 0.3) is 22.2 Å². The monoisotopic (exact) mass is 309 g/mol. The normalized spacial score (nSPS) is 12.0. The van der Waals surface area contributed by atoms with Crippen molar-refractivity contribution in [2.45, 2.75) is 6.18 Å². The molecule has 3 aromatic rings. The Balaban J connectivity index is 2.22. The molecule has 5 nitrogen and oxygen atoms in total. The molecule has 8 heteroatoms. The number of hydrogen-bond acceptors (Lipinski definition) is 2. The summed E-state index contributed by atoms with van der Waals surface area (Å²) in [6.45, 7) is 0. The number of rotatable bonds is 2. The molecule has 0 saturated carbocycles. The summed E-state index contributed by atoms with van der Waals surface area (Å²) in [5, 5.41) is 15.5. The summed E-state index contributed by atoms with van der Waals surface area (Å²) < 4.78 is 40.2. The Hall–Kier alpha value is -2.77. The Labute approximate surface area is 122 Å². The zero-order chi connectivity index (χ0) is 16.1. The fraction of sp³-hybridized carbons (Fsp3) is 0.143. The van der Waals surface area contributed by atoms with Gasteiger partial charge in [-0.15, -0.1) is 0 Å². The van der Waals surface area contributed by atoms with Gasteiger partial charge in [0, 0.05) is 29.7 Å². The van der Waals surface area contributed by atoms with E-state index in [1.54, 1.807) is 17.8 Å². The third-order valence-electron chi connectivity index (χ3n) is 3.40. The van der Waals surface area contributed by atoms with Gasteiger partial charge in [-0.1, -0.05) is 0 Å². The maximum atomic E-state index is 12.9. The molecule has 0 aliphatic carbocycles. The van der Waals surface area contributed by atoms with Gasteiger partial charge < -0.3 is 9.67 Å². The van der Waals surface area contributed by atoms with Crippen molar-refractivity contribution in [3.63, 3.8) is 0 Å². The maximum Gasteiger partial charge on any atom is 0.416 e. The first-order valence-corrected chi connectivity index (χ1v) is 6.22. The number of carbonyl (C=O) groups is 1. The van der Waals surface area contributed by atoms with E-state index in [1.807, 2.05) is 0 Å². The third kappa shape index (κ3) is 2.22. The molecule has 0 bridgehead atoms. The number of aromatic nitrogens is 3. The molecule has 1 aromatic carbocycles. The van der Waals surface area contributed by atoms with Gasteiger partial charge in [0.25, 0.3) is 0 Å². The summed E-state index contributed by atoms with van der Waals surface area (Å²) in [7, 11) is 1.70. The van der Waals surface area contributed by atoms with Crippen molar-refractivity contribution in [3.8, 4) is 11.3 Å².